The molecule has 0 saturated carbocycles. The summed E-state index contributed by atoms with van der Waals surface area (Å²) in [5, 5.41) is 0. The molecule has 0 N–H and O–H groups in total. The third kappa shape index (κ3) is 2.35. The van der Waals surface area contributed by atoms with Gasteiger partial charge in [0, 0.05) is 11.8 Å². The molecule has 0 aromatic heterocycles. The molecule has 4 aliphatic rings. The van der Waals surface area contributed by atoms with E-state index in [1.165, 1.54) is 41.6 Å². The van der Waals surface area contributed by atoms with Crippen LogP contribution in [0.1, 0.15) is 19.3 Å². The maximum Gasteiger partial charge on any atom is 0.0207 e. The fourth-order valence-corrected chi connectivity index (χ4v) is 3.65. The van der Waals surface area contributed by atoms with Gasteiger partial charge in [-0.25, -0.2) is 0 Å². The van der Waals surface area contributed by atoms with Crippen molar-refractivity contribution in [3.8, 4) is 0 Å². The molecule has 0 heterocycles. The van der Waals surface area contributed by atoms with E-state index in [2.05, 4.69) is 72.9 Å². The molecule has 0 radical (unpaired) electrons. The standard InChI is InChI=1S/C21H20/c1-3-10-20-16(6-1)12-14-18(20)8-5-9-19-15-13-17-7-2-4-11-21(17)19/h1-4,6-7,10-17H,5,8-9H2. The van der Waals surface area contributed by atoms with E-state index < -0.39 is 0 Å². The van der Waals surface area contributed by atoms with Crippen molar-refractivity contribution in [2.45, 2.75) is 19.3 Å². The largest absolute Gasteiger partial charge is 0.0732 e. The third-order valence-corrected chi connectivity index (χ3v) is 4.77. The Balaban J connectivity index is 1.41. The highest BCUT2D eigenvalue weighted by atomic mass is 14.2. The van der Waals surface area contributed by atoms with Crippen molar-refractivity contribution >= 4 is 0 Å². The molecule has 4 aliphatic carbocycles. The Kier molecular flexibility index (Phi) is 3.23. The van der Waals surface area contributed by atoms with Gasteiger partial charge in [0.05, 0.1) is 0 Å². The Morgan fingerprint density at radius 2 is 1.10 bits per heavy atom. The highest BCUT2D eigenvalue weighted by molar-refractivity contribution is 5.50. The van der Waals surface area contributed by atoms with Crippen LogP contribution in [0.2, 0.25) is 0 Å². The van der Waals surface area contributed by atoms with E-state index in [9.17, 15) is 0 Å². The Morgan fingerprint density at radius 1 is 0.571 bits per heavy atom. The molecule has 104 valence electrons. The second-order valence-electron chi connectivity index (χ2n) is 6.07. The molecular formula is C21H20. The van der Waals surface area contributed by atoms with Gasteiger partial charge in [-0.05, 0) is 41.6 Å². The molecule has 0 aromatic rings. The van der Waals surface area contributed by atoms with Crippen LogP contribution >= 0.6 is 0 Å². The number of hydrogen-bond donors (Lipinski definition) is 0. The summed E-state index contributed by atoms with van der Waals surface area (Å²) in [6, 6.07) is 0. The van der Waals surface area contributed by atoms with Gasteiger partial charge in [0.1, 0.15) is 0 Å². The second-order valence-corrected chi connectivity index (χ2v) is 6.07. The van der Waals surface area contributed by atoms with Crippen LogP contribution in [0.5, 0.6) is 0 Å². The average molecular weight is 272 g/mol. The van der Waals surface area contributed by atoms with E-state index in [0.29, 0.717) is 11.8 Å². The zero-order chi connectivity index (χ0) is 14.1. The van der Waals surface area contributed by atoms with Gasteiger partial charge >= 0.3 is 0 Å². The summed E-state index contributed by atoms with van der Waals surface area (Å²) in [6.07, 6.45) is 30.7. The molecule has 0 heteroatoms. The van der Waals surface area contributed by atoms with Crippen LogP contribution in [-0.4, -0.2) is 0 Å². The summed E-state index contributed by atoms with van der Waals surface area (Å²) in [4.78, 5) is 0. The quantitative estimate of drug-likeness (QED) is 0.645. The van der Waals surface area contributed by atoms with Gasteiger partial charge in [0.15, 0.2) is 0 Å². The first-order valence-corrected chi connectivity index (χ1v) is 7.94. The Hall–Kier alpha value is -2.08. The van der Waals surface area contributed by atoms with E-state index >= 15 is 0 Å². The van der Waals surface area contributed by atoms with Crippen LogP contribution in [0.3, 0.4) is 0 Å². The minimum atomic E-state index is 0.536. The Morgan fingerprint density at radius 3 is 1.62 bits per heavy atom. The molecule has 21 heavy (non-hydrogen) atoms. The van der Waals surface area contributed by atoms with Crippen LogP contribution in [0.25, 0.3) is 0 Å². The van der Waals surface area contributed by atoms with E-state index in [-0.39, 0.29) is 0 Å². The van der Waals surface area contributed by atoms with Crippen molar-refractivity contribution < 1.29 is 0 Å². The van der Waals surface area contributed by atoms with E-state index in [1.54, 1.807) is 0 Å². The predicted octanol–water partition coefficient (Wildman–Crippen LogP) is 5.37. The first-order chi connectivity index (χ1) is 10.4. The number of fused-ring (bicyclic) bond motifs is 2. The van der Waals surface area contributed by atoms with Crippen molar-refractivity contribution in [2.24, 2.45) is 11.8 Å². The van der Waals surface area contributed by atoms with Crippen molar-refractivity contribution in [1.82, 2.24) is 0 Å². The first-order valence-electron chi connectivity index (χ1n) is 7.94. The number of hydrogen-bond acceptors (Lipinski definition) is 0. The molecule has 0 saturated heterocycles. The maximum absolute atomic E-state index is 2.33. The lowest BCUT2D eigenvalue weighted by molar-refractivity contribution is 0.813. The topological polar surface area (TPSA) is 0 Å². The Bertz CT molecular complexity index is 624. The summed E-state index contributed by atoms with van der Waals surface area (Å²) in [5.74, 6) is 1.07. The first kappa shape index (κ1) is 12.6. The lowest BCUT2D eigenvalue weighted by atomic mass is 9.92. The average Bonchev–Trinajstić information content (AvgIpc) is 3.13. The van der Waals surface area contributed by atoms with Crippen molar-refractivity contribution in [3.63, 3.8) is 0 Å². The van der Waals surface area contributed by atoms with Gasteiger partial charge in [-0.3, -0.25) is 0 Å². The summed E-state index contributed by atoms with van der Waals surface area (Å²) in [5.41, 5.74) is 6.08. The van der Waals surface area contributed by atoms with Crippen LogP contribution in [0.15, 0.2) is 95.2 Å². The fourth-order valence-electron chi connectivity index (χ4n) is 3.65. The van der Waals surface area contributed by atoms with Crippen LogP contribution < -0.4 is 0 Å². The fraction of sp³-hybridized carbons (Fsp3) is 0.238. The lowest BCUT2D eigenvalue weighted by Crippen LogP contribution is -1.97. The summed E-state index contributed by atoms with van der Waals surface area (Å²) in [7, 11) is 0. The predicted molar refractivity (Wildman–Crippen MR) is 89.7 cm³/mol. The van der Waals surface area contributed by atoms with Crippen molar-refractivity contribution in [3.05, 3.63) is 95.2 Å². The van der Waals surface area contributed by atoms with Gasteiger partial charge in [-0.15, -0.1) is 0 Å². The SMILES string of the molecule is C1=CC2=C(CCCC3=C4C=CC=CC4C=C3)C=CC2C=C1. The minimum Gasteiger partial charge on any atom is -0.0732 e. The molecule has 2 unspecified atom stereocenters. The summed E-state index contributed by atoms with van der Waals surface area (Å²) < 4.78 is 0. The second kappa shape index (κ2) is 5.37. The molecule has 0 fully saturated rings. The monoisotopic (exact) mass is 272 g/mol. The zero-order valence-electron chi connectivity index (χ0n) is 12.2. The van der Waals surface area contributed by atoms with Gasteiger partial charge in [-0.2, -0.15) is 0 Å². The minimum absolute atomic E-state index is 0.536. The molecular weight excluding hydrogens is 252 g/mol. The molecule has 4 rings (SSSR count). The number of rotatable bonds is 4. The maximum atomic E-state index is 2.33. The normalized spacial score (nSPS) is 28.0. The molecule has 0 amide bonds. The number of allylic oxidation sites excluding steroid dienone is 16. The highest BCUT2D eigenvalue weighted by Gasteiger charge is 2.19. The van der Waals surface area contributed by atoms with Gasteiger partial charge in [0.2, 0.25) is 0 Å². The molecule has 0 spiro atoms. The van der Waals surface area contributed by atoms with Gasteiger partial charge in [-0.1, -0.05) is 72.9 Å². The van der Waals surface area contributed by atoms with Crippen LogP contribution in [0.4, 0.5) is 0 Å². The van der Waals surface area contributed by atoms with Gasteiger partial charge < -0.3 is 0 Å². The van der Waals surface area contributed by atoms with E-state index in [0.717, 1.165) is 0 Å². The zero-order valence-corrected chi connectivity index (χ0v) is 12.2. The van der Waals surface area contributed by atoms with Gasteiger partial charge in [0.25, 0.3) is 0 Å². The highest BCUT2D eigenvalue weighted by Crippen LogP contribution is 2.35. The van der Waals surface area contributed by atoms with Crippen LogP contribution in [-0.2, 0) is 0 Å². The van der Waals surface area contributed by atoms with Crippen molar-refractivity contribution in [2.75, 3.05) is 0 Å². The van der Waals surface area contributed by atoms with E-state index in [4.69, 9.17) is 0 Å². The Labute approximate surface area is 126 Å². The van der Waals surface area contributed by atoms with E-state index in [1.807, 2.05) is 0 Å². The third-order valence-electron chi connectivity index (χ3n) is 4.77. The van der Waals surface area contributed by atoms with Crippen LogP contribution in [0, 0.1) is 11.8 Å². The smallest absolute Gasteiger partial charge is 0.0207 e. The molecule has 0 nitrogen and oxygen atoms in total. The van der Waals surface area contributed by atoms with Crippen molar-refractivity contribution in [1.29, 1.82) is 0 Å². The lowest BCUT2D eigenvalue weighted by Gasteiger charge is -2.12. The summed E-state index contributed by atoms with van der Waals surface area (Å²) in [6.45, 7) is 0. The summed E-state index contributed by atoms with van der Waals surface area (Å²) >= 11 is 0. The molecule has 2 atom stereocenters. The molecule has 0 aromatic carbocycles. The molecule has 0 aliphatic heterocycles. The molecule has 0 bridgehead atoms.